The number of carboxylic acids is 1. The molecule has 0 radical (unpaired) electrons. The molecule has 106 valence electrons. The Morgan fingerprint density at radius 1 is 1.60 bits per heavy atom. The van der Waals surface area contributed by atoms with E-state index >= 15 is 0 Å². The first-order chi connectivity index (χ1) is 9.65. The topological polar surface area (TPSA) is 99.8 Å². The molecule has 0 amide bonds. The lowest BCUT2D eigenvalue weighted by atomic mass is 10.2. The fraction of sp³-hybridized carbons (Fsp3) is 0.455. The summed E-state index contributed by atoms with van der Waals surface area (Å²) in [6.07, 6.45) is 0. The summed E-state index contributed by atoms with van der Waals surface area (Å²) >= 11 is 1.28. The third-order valence-corrected chi connectivity index (χ3v) is 3.92. The van der Waals surface area contributed by atoms with Crippen LogP contribution in [0.3, 0.4) is 0 Å². The molecule has 20 heavy (non-hydrogen) atoms. The van der Waals surface area contributed by atoms with Crippen molar-refractivity contribution in [1.29, 1.82) is 0 Å². The summed E-state index contributed by atoms with van der Waals surface area (Å²) in [6.45, 7) is 2.09. The Bertz CT molecular complexity index is 697. The predicted octanol–water partition coefficient (Wildman–Crippen LogP) is -0.991. The number of nitrogens with zero attached hydrogens (tertiary/aromatic N) is 4. The molecule has 9 heteroatoms. The molecule has 1 atom stereocenters. The molecule has 3 rings (SSSR count). The zero-order valence-corrected chi connectivity index (χ0v) is 11.3. The van der Waals surface area contributed by atoms with Crippen molar-refractivity contribution in [2.24, 2.45) is 0 Å². The van der Waals surface area contributed by atoms with Gasteiger partial charge in [-0.15, -0.1) is 0 Å². The molecule has 1 aliphatic rings. The Morgan fingerprint density at radius 2 is 2.45 bits per heavy atom. The van der Waals surface area contributed by atoms with E-state index in [1.165, 1.54) is 21.9 Å². The first kappa shape index (κ1) is 13.2. The number of rotatable bonds is 3. The molecule has 3 heterocycles. The van der Waals surface area contributed by atoms with Crippen LogP contribution < -0.4 is 10.9 Å². The predicted molar refractivity (Wildman–Crippen MR) is 71.8 cm³/mol. The van der Waals surface area contributed by atoms with Gasteiger partial charge in [0.25, 0.3) is 5.56 Å². The Labute approximate surface area is 117 Å². The second-order valence-corrected chi connectivity index (χ2v) is 5.36. The van der Waals surface area contributed by atoms with Crippen molar-refractivity contribution in [3.8, 4) is 0 Å². The minimum atomic E-state index is -0.868. The largest absolute Gasteiger partial charge is 0.480 e. The molecular weight excluding hydrogens is 282 g/mol. The Kier molecular flexibility index (Phi) is 3.47. The van der Waals surface area contributed by atoms with Gasteiger partial charge in [0.2, 0.25) is 4.96 Å². The van der Waals surface area contributed by atoms with Crippen LogP contribution in [0.25, 0.3) is 4.96 Å². The molecule has 0 saturated carbocycles. The lowest BCUT2D eigenvalue weighted by Gasteiger charge is -2.32. The molecule has 2 aromatic rings. The molecule has 0 bridgehead atoms. The van der Waals surface area contributed by atoms with E-state index < -0.39 is 12.0 Å². The van der Waals surface area contributed by atoms with E-state index in [2.05, 4.69) is 15.4 Å². The van der Waals surface area contributed by atoms with Crippen molar-refractivity contribution in [3.05, 3.63) is 27.6 Å². The monoisotopic (exact) mass is 295 g/mol. The fourth-order valence-corrected chi connectivity index (χ4v) is 2.91. The fourth-order valence-electron chi connectivity index (χ4n) is 2.27. The molecule has 0 spiro atoms. The van der Waals surface area contributed by atoms with E-state index in [4.69, 9.17) is 0 Å². The molecule has 0 aromatic carbocycles. The van der Waals surface area contributed by atoms with E-state index in [-0.39, 0.29) is 5.56 Å². The van der Waals surface area contributed by atoms with Gasteiger partial charge >= 0.3 is 5.97 Å². The van der Waals surface area contributed by atoms with Crippen LogP contribution in [-0.4, -0.2) is 56.2 Å². The second-order valence-electron chi connectivity index (χ2n) is 4.55. The van der Waals surface area contributed by atoms with Crippen LogP contribution in [0.5, 0.6) is 0 Å². The highest BCUT2D eigenvalue weighted by Gasteiger charge is 2.28. The van der Waals surface area contributed by atoms with Gasteiger partial charge in [0.05, 0.1) is 5.69 Å². The molecule has 2 N–H and O–H groups in total. The number of carbonyl (C=O) groups is 1. The van der Waals surface area contributed by atoms with Gasteiger partial charge in [0.1, 0.15) is 11.6 Å². The van der Waals surface area contributed by atoms with Gasteiger partial charge in [0.15, 0.2) is 0 Å². The number of fused-ring (bicyclic) bond motifs is 1. The summed E-state index contributed by atoms with van der Waals surface area (Å²) in [5.74, 6) is -0.868. The number of hydrogen-bond acceptors (Lipinski definition) is 7. The van der Waals surface area contributed by atoms with E-state index in [0.717, 1.165) is 6.54 Å². The zero-order valence-electron chi connectivity index (χ0n) is 10.5. The summed E-state index contributed by atoms with van der Waals surface area (Å²) in [4.78, 5) is 29.7. The highest BCUT2D eigenvalue weighted by Crippen LogP contribution is 2.10. The first-order valence-electron chi connectivity index (χ1n) is 6.15. The summed E-state index contributed by atoms with van der Waals surface area (Å²) < 4.78 is 1.24. The van der Waals surface area contributed by atoms with Crippen molar-refractivity contribution in [3.63, 3.8) is 0 Å². The van der Waals surface area contributed by atoms with Crippen LogP contribution in [0.15, 0.2) is 16.4 Å². The van der Waals surface area contributed by atoms with E-state index in [9.17, 15) is 14.7 Å². The van der Waals surface area contributed by atoms with Gasteiger partial charge < -0.3 is 10.4 Å². The van der Waals surface area contributed by atoms with Crippen molar-refractivity contribution < 1.29 is 9.90 Å². The van der Waals surface area contributed by atoms with Crippen LogP contribution in [0, 0.1) is 0 Å². The third-order valence-electron chi connectivity index (χ3n) is 3.24. The number of nitrogens with one attached hydrogen (secondary N) is 1. The van der Waals surface area contributed by atoms with Gasteiger partial charge in [-0.05, 0) is 0 Å². The summed E-state index contributed by atoms with van der Waals surface area (Å²) in [5.41, 5.74) is 1.89. The molecule has 1 saturated heterocycles. The van der Waals surface area contributed by atoms with Crippen LogP contribution >= 0.6 is 11.3 Å². The number of hydrogen-bond donors (Lipinski definition) is 2. The van der Waals surface area contributed by atoms with Gasteiger partial charge in [-0.2, -0.15) is 9.61 Å². The highest BCUT2D eigenvalue weighted by molar-refractivity contribution is 7.14. The average Bonchev–Trinajstić information content (AvgIpc) is 2.88. The van der Waals surface area contributed by atoms with Gasteiger partial charge in [0, 0.05) is 32.2 Å². The minimum Gasteiger partial charge on any atom is -0.480 e. The van der Waals surface area contributed by atoms with Gasteiger partial charge in [-0.1, -0.05) is 11.3 Å². The third kappa shape index (κ3) is 2.42. The lowest BCUT2D eigenvalue weighted by molar-refractivity contribution is -0.144. The average molecular weight is 295 g/mol. The Morgan fingerprint density at radius 3 is 3.25 bits per heavy atom. The van der Waals surface area contributed by atoms with E-state index in [1.54, 1.807) is 5.51 Å². The maximum Gasteiger partial charge on any atom is 0.322 e. The Hall–Kier alpha value is -1.84. The Balaban J connectivity index is 1.87. The van der Waals surface area contributed by atoms with Crippen molar-refractivity contribution in [2.75, 3.05) is 19.6 Å². The first-order valence-corrected chi connectivity index (χ1v) is 7.03. The molecule has 0 aliphatic carbocycles. The number of aliphatic carboxylic acids is 1. The van der Waals surface area contributed by atoms with Crippen LogP contribution in [0.2, 0.25) is 0 Å². The quantitative estimate of drug-likeness (QED) is 0.750. The standard InChI is InChI=1S/C11H13N5O3S/c17-9-3-7(14-11-16(9)13-6-20-11)5-15-2-1-12-4-8(15)10(18)19/h3,6,8,12H,1-2,4-5H2,(H,18,19). The molecule has 1 unspecified atom stereocenters. The van der Waals surface area contributed by atoms with Gasteiger partial charge in [-0.25, -0.2) is 4.98 Å². The maximum atomic E-state index is 11.8. The maximum absolute atomic E-state index is 11.8. The summed E-state index contributed by atoms with van der Waals surface area (Å²) in [7, 11) is 0. The molecule has 8 nitrogen and oxygen atoms in total. The number of piperazine rings is 1. The van der Waals surface area contributed by atoms with Crippen molar-refractivity contribution >= 4 is 22.3 Å². The summed E-state index contributed by atoms with van der Waals surface area (Å²) in [5, 5.41) is 16.1. The van der Waals surface area contributed by atoms with Crippen LogP contribution in [0.4, 0.5) is 0 Å². The second kappa shape index (κ2) is 5.27. The van der Waals surface area contributed by atoms with Crippen molar-refractivity contribution in [2.45, 2.75) is 12.6 Å². The highest BCUT2D eigenvalue weighted by atomic mass is 32.1. The SMILES string of the molecule is O=C(O)C1CNCCN1Cc1cc(=O)n2ncsc2n1. The van der Waals surface area contributed by atoms with E-state index in [0.29, 0.717) is 30.3 Å². The van der Waals surface area contributed by atoms with Crippen LogP contribution in [-0.2, 0) is 11.3 Å². The van der Waals surface area contributed by atoms with Gasteiger partial charge in [-0.3, -0.25) is 14.5 Å². The minimum absolute atomic E-state index is 0.242. The molecular formula is C11H13N5O3S. The van der Waals surface area contributed by atoms with Crippen molar-refractivity contribution in [1.82, 2.24) is 24.8 Å². The molecule has 1 aliphatic heterocycles. The summed E-state index contributed by atoms with van der Waals surface area (Å²) in [6, 6.07) is 0.818. The van der Waals surface area contributed by atoms with E-state index in [1.807, 2.05) is 4.90 Å². The molecule has 1 fully saturated rings. The van der Waals surface area contributed by atoms with Crippen LogP contribution in [0.1, 0.15) is 5.69 Å². The normalized spacial score (nSPS) is 20.3. The number of aromatic nitrogens is 3. The number of carboxylic acid groups (broad SMARTS) is 1. The smallest absolute Gasteiger partial charge is 0.322 e. The molecule has 2 aromatic heterocycles. The lowest BCUT2D eigenvalue weighted by Crippen LogP contribution is -2.54. The zero-order chi connectivity index (χ0) is 14.1.